The zero-order valence-corrected chi connectivity index (χ0v) is 11.8. The summed E-state index contributed by atoms with van der Waals surface area (Å²) in [6, 6.07) is 26.7. The molecule has 0 fully saturated rings. The van der Waals surface area contributed by atoms with Crippen LogP contribution in [0.5, 0.6) is 0 Å². The molecular formula is C18H15NS. The predicted octanol–water partition coefficient (Wildman–Crippen LogP) is 5.39. The lowest BCUT2D eigenvalue weighted by Crippen LogP contribution is -1.92. The van der Waals surface area contributed by atoms with Gasteiger partial charge in [0.25, 0.3) is 0 Å². The zero-order chi connectivity index (χ0) is 13.8. The van der Waals surface area contributed by atoms with Crippen LogP contribution in [-0.4, -0.2) is 0 Å². The van der Waals surface area contributed by atoms with Crippen LogP contribution in [0.2, 0.25) is 0 Å². The number of anilines is 2. The Labute approximate surface area is 124 Å². The first-order valence-corrected chi connectivity index (χ1v) is 6.98. The van der Waals surface area contributed by atoms with E-state index in [1.54, 1.807) is 0 Å². The van der Waals surface area contributed by atoms with Crippen LogP contribution in [-0.2, 0) is 0 Å². The molecule has 0 unspecified atom stereocenters. The molecule has 0 saturated heterocycles. The summed E-state index contributed by atoms with van der Waals surface area (Å²) < 4.78 is 0. The molecule has 0 aromatic heterocycles. The monoisotopic (exact) mass is 277 g/mol. The van der Waals surface area contributed by atoms with Crippen LogP contribution in [0.15, 0.2) is 83.8 Å². The van der Waals surface area contributed by atoms with Crippen LogP contribution in [0.1, 0.15) is 0 Å². The van der Waals surface area contributed by atoms with Crippen molar-refractivity contribution in [1.82, 2.24) is 0 Å². The fraction of sp³-hybridized carbons (Fsp3) is 0. The van der Waals surface area contributed by atoms with Crippen molar-refractivity contribution < 1.29 is 0 Å². The Kier molecular flexibility index (Phi) is 3.75. The van der Waals surface area contributed by atoms with E-state index in [-0.39, 0.29) is 0 Å². The van der Waals surface area contributed by atoms with Gasteiger partial charge in [-0.1, -0.05) is 48.5 Å². The fourth-order valence-electron chi connectivity index (χ4n) is 2.16. The third kappa shape index (κ3) is 2.86. The molecule has 0 atom stereocenters. The maximum absolute atomic E-state index is 4.31. The van der Waals surface area contributed by atoms with Gasteiger partial charge in [-0.3, -0.25) is 0 Å². The first kappa shape index (κ1) is 12.8. The van der Waals surface area contributed by atoms with Gasteiger partial charge in [-0.2, -0.15) is 0 Å². The van der Waals surface area contributed by atoms with E-state index in [0.29, 0.717) is 0 Å². The van der Waals surface area contributed by atoms with Gasteiger partial charge in [0, 0.05) is 21.8 Å². The van der Waals surface area contributed by atoms with Gasteiger partial charge in [-0.25, -0.2) is 0 Å². The summed E-state index contributed by atoms with van der Waals surface area (Å²) in [4.78, 5) is 0.965. The third-order valence-corrected chi connectivity index (χ3v) is 3.46. The summed E-state index contributed by atoms with van der Waals surface area (Å²) in [6.45, 7) is 0. The Bertz CT molecular complexity index is 690. The number of para-hydroxylation sites is 1. The van der Waals surface area contributed by atoms with Crippen LogP contribution >= 0.6 is 12.6 Å². The Morgan fingerprint density at radius 2 is 1.30 bits per heavy atom. The molecule has 3 aromatic carbocycles. The van der Waals surface area contributed by atoms with Crippen LogP contribution in [0, 0.1) is 0 Å². The first-order chi connectivity index (χ1) is 9.83. The number of hydrogen-bond acceptors (Lipinski definition) is 2. The first-order valence-electron chi connectivity index (χ1n) is 6.53. The summed E-state index contributed by atoms with van der Waals surface area (Å²) in [5.74, 6) is 0. The fourth-order valence-corrected chi connectivity index (χ4v) is 2.31. The third-order valence-electron chi connectivity index (χ3n) is 3.16. The molecule has 0 amide bonds. The highest BCUT2D eigenvalue weighted by Crippen LogP contribution is 2.30. The lowest BCUT2D eigenvalue weighted by atomic mass is 10.0. The molecule has 0 bridgehead atoms. The van der Waals surface area contributed by atoms with Crippen LogP contribution < -0.4 is 5.32 Å². The van der Waals surface area contributed by atoms with Crippen molar-refractivity contribution in [2.24, 2.45) is 0 Å². The Morgan fingerprint density at radius 3 is 2.05 bits per heavy atom. The molecule has 1 N–H and O–H groups in total. The van der Waals surface area contributed by atoms with Gasteiger partial charge in [0.1, 0.15) is 0 Å². The molecular weight excluding hydrogens is 262 g/mol. The highest BCUT2D eigenvalue weighted by atomic mass is 32.1. The number of thiol groups is 1. The van der Waals surface area contributed by atoms with Gasteiger partial charge < -0.3 is 5.32 Å². The molecule has 0 heterocycles. The summed E-state index contributed by atoms with van der Waals surface area (Å²) in [7, 11) is 0. The lowest BCUT2D eigenvalue weighted by molar-refractivity contribution is 1.45. The molecule has 0 aliphatic rings. The van der Waals surface area contributed by atoms with E-state index in [9.17, 15) is 0 Å². The van der Waals surface area contributed by atoms with Crippen molar-refractivity contribution in [3.8, 4) is 11.1 Å². The van der Waals surface area contributed by atoms with Crippen molar-refractivity contribution in [1.29, 1.82) is 0 Å². The molecule has 0 radical (unpaired) electrons. The number of benzene rings is 3. The second-order valence-electron chi connectivity index (χ2n) is 4.58. The quantitative estimate of drug-likeness (QED) is 0.612. The van der Waals surface area contributed by atoms with E-state index in [1.807, 2.05) is 36.4 Å². The van der Waals surface area contributed by atoms with E-state index in [0.717, 1.165) is 16.3 Å². The molecule has 20 heavy (non-hydrogen) atoms. The van der Waals surface area contributed by atoms with Crippen LogP contribution in [0.4, 0.5) is 11.4 Å². The van der Waals surface area contributed by atoms with Crippen molar-refractivity contribution in [3.05, 3.63) is 78.9 Å². The summed E-state index contributed by atoms with van der Waals surface area (Å²) in [5.41, 5.74) is 4.57. The number of nitrogens with one attached hydrogen (secondary N) is 1. The molecule has 98 valence electrons. The smallest absolute Gasteiger partial charge is 0.0463 e. The van der Waals surface area contributed by atoms with Gasteiger partial charge in [0.2, 0.25) is 0 Å². The highest BCUT2D eigenvalue weighted by molar-refractivity contribution is 7.80. The SMILES string of the molecule is Sc1ccc(Nc2ccccc2-c2ccccc2)cc1. The van der Waals surface area contributed by atoms with Gasteiger partial charge in [-0.05, 0) is 35.9 Å². The average Bonchev–Trinajstić information content (AvgIpc) is 2.51. The minimum absolute atomic E-state index is 0.965. The normalized spacial score (nSPS) is 10.2. The van der Waals surface area contributed by atoms with E-state index in [4.69, 9.17) is 0 Å². The van der Waals surface area contributed by atoms with Gasteiger partial charge >= 0.3 is 0 Å². The second-order valence-corrected chi connectivity index (χ2v) is 5.10. The molecule has 3 rings (SSSR count). The largest absolute Gasteiger partial charge is 0.355 e. The van der Waals surface area contributed by atoms with E-state index in [2.05, 4.69) is 60.4 Å². The molecule has 0 aliphatic carbocycles. The molecule has 0 saturated carbocycles. The average molecular weight is 277 g/mol. The van der Waals surface area contributed by atoms with Gasteiger partial charge in [-0.15, -0.1) is 12.6 Å². The molecule has 2 heteroatoms. The summed E-state index contributed by atoms with van der Waals surface area (Å²) in [6.07, 6.45) is 0. The minimum atomic E-state index is 0.965. The molecule has 0 aliphatic heterocycles. The summed E-state index contributed by atoms with van der Waals surface area (Å²) in [5, 5.41) is 3.46. The molecule has 3 aromatic rings. The minimum Gasteiger partial charge on any atom is -0.355 e. The van der Waals surface area contributed by atoms with Crippen LogP contribution in [0.3, 0.4) is 0 Å². The second kappa shape index (κ2) is 5.85. The van der Waals surface area contributed by atoms with Gasteiger partial charge in [0.05, 0.1) is 0 Å². The molecule has 1 nitrogen and oxygen atoms in total. The van der Waals surface area contributed by atoms with E-state index in [1.165, 1.54) is 11.1 Å². The Hall–Kier alpha value is -2.19. The van der Waals surface area contributed by atoms with E-state index >= 15 is 0 Å². The number of hydrogen-bond donors (Lipinski definition) is 2. The maximum Gasteiger partial charge on any atom is 0.0463 e. The zero-order valence-electron chi connectivity index (χ0n) is 11.0. The van der Waals surface area contributed by atoms with E-state index < -0.39 is 0 Å². The maximum atomic E-state index is 4.31. The van der Waals surface area contributed by atoms with Crippen LogP contribution in [0.25, 0.3) is 11.1 Å². The highest BCUT2D eigenvalue weighted by Gasteiger charge is 2.04. The predicted molar refractivity (Wildman–Crippen MR) is 88.9 cm³/mol. The lowest BCUT2D eigenvalue weighted by Gasteiger charge is -2.12. The Morgan fingerprint density at radius 1 is 0.650 bits per heavy atom. The van der Waals surface area contributed by atoms with Crippen molar-refractivity contribution in [3.63, 3.8) is 0 Å². The number of rotatable bonds is 3. The Balaban J connectivity index is 1.96. The van der Waals surface area contributed by atoms with Crippen molar-refractivity contribution in [2.75, 3.05) is 5.32 Å². The standard InChI is InChI=1S/C18H15NS/c20-16-12-10-15(11-13-16)19-18-9-5-4-8-17(18)14-6-2-1-3-7-14/h1-13,19-20H. The summed E-state index contributed by atoms with van der Waals surface area (Å²) >= 11 is 4.31. The van der Waals surface area contributed by atoms with Gasteiger partial charge in [0.15, 0.2) is 0 Å². The van der Waals surface area contributed by atoms with Crippen molar-refractivity contribution in [2.45, 2.75) is 4.90 Å². The topological polar surface area (TPSA) is 12.0 Å². The molecule has 0 spiro atoms. The van der Waals surface area contributed by atoms with Crippen molar-refractivity contribution >= 4 is 24.0 Å².